The summed E-state index contributed by atoms with van der Waals surface area (Å²) >= 11 is 1.89. The van der Waals surface area contributed by atoms with Crippen molar-refractivity contribution in [1.82, 2.24) is 4.90 Å². The van der Waals surface area contributed by atoms with Gasteiger partial charge in [0.05, 0.1) is 12.3 Å². The van der Waals surface area contributed by atoms with Crippen LogP contribution >= 0.6 is 11.8 Å². The molecule has 0 radical (unpaired) electrons. The molecule has 0 bridgehead atoms. The summed E-state index contributed by atoms with van der Waals surface area (Å²) in [6.45, 7) is 7.40. The first kappa shape index (κ1) is 13.2. The summed E-state index contributed by atoms with van der Waals surface area (Å²) in [5.41, 5.74) is 3.58. The molecule has 3 heteroatoms. The highest BCUT2D eigenvalue weighted by atomic mass is 32.2. The molecule has 0 unspecified atom stereocenters. The Balaban J connectivity index is 2.15. The molecule has 0 saturated heterocycles. The number of aliphatic imine (C=N–C) groups is 1. The van der Waals surface area contributed by atoms with Gasteiger partial charge in [-0.2, -0.15) is 0 Å². The second-order valence-electron chi connectivity index (χ2n) is 4.89. The van der Waals surface area contributed by atoms with Gasteiger partial charge in [-0.1, -0.05) is 26.0 Å². The summed E-state index contributed by atoms with van der Waals surface area (Å²) in [5.74, 6) is 0. The van der Waals surface area contributed by atoms with E-state index in [2.05, 4.69) is 62.0 Å². The highest BCUT2D eigenvalue weighted by Gasteiger charge is 2.11. The average Bonchev–Trinajstić information content (AvgIpc) is 2.33. The number of thioether (sulfide) groups is 1. The predicted molar refractivity (Wildman–Crippen MR) is 80.4 cm³/mol. The molecule has 0 aliphatic carbocycles. The fourth-order valence-electron chi connectivity index (χ4n) is 1.82. The standard InChI is InChI=1S/C15H20N2S/c1-11(2)18-14-7-5-13(6-8-14)15-10-17(4)12(3)9-16-15/h5-9,11H,10H2,1-4H3. The van der Waals surface area contributed by atoms with Gasteiger partial charge in [-0.3, -0.25) is 4.99 Å². The van der Waals surface area contributed by atoms with Crippen LogP contribution in [0.4, 0.5) is 0 Å². The van der Waals surface area contributed by atoms with E-state index in [9.17, 15) is 0 Å². The number of rotatable bonds is 3. The SMILES string of the molecule is CC1=CN=C(c2ccc(SC(C)C)cc2)CN1C. The lowest BCUT2D eigenvalue weighted by Crippen LogP contribution is -2.27. The van der Waals surface area contributed by atoms with E-state index in [-0.39, 0.29) is 0 Å². The molecule has 2 rings (SSSR count). The van der Waals surface area contributed by atoms with Crippen LogP contribution in [-0.4, -0.2) is 29.5 Å². The van der Waals surface area contributed by atoms with Crippen molar-refractivity contribution in [3.63, 3.8) is 0 Å². The Bertz CT molecular complexity index is 472. The summed E-state index contributed by atoms with van der Waals surface area (Å²) in [7, 11) is 2.10. The lowest BCUT2D eigenvalue weighted by molar-refractivity contribution is 0.471. The Morgan fingerprint density at radius 2 is 1.89 bits per heavy atom. The minimum Gasteiger partial charge on any atom is -0.371 e. The molecule has 0 saturated carbocycles. The van der Waals surface area contributed by atoms with Gasteiger partial charge in [0.25, 0.3) is 0 Å². The van der Waals surface area contributed by atoms with Crippen molar-refractivity contribution in [3.05, 3.63) is 41.7 Å². The third kappa shape index (κ3) is 3.16. The third-order valence-electron chi connectivity index (χ3n) is 2.96. The van der Waals surface area contributed by atoms with E-state index in [1.165, 1.54) is 16.2 Å². The van der Waals surface area contributed by atoms with Gasteiger partial charge in [0.15, 0.2) is 0 Å². The Hall–Kier alpha value is -1.22. The van der Waals surface area contributed by atoms with Crippen LogP contribution in [0.25, 0.3) is 0 Å². The number of hydrogen-bond acceptors (Lipinski definition) is 3. The van der Waals surface area contributed by atoms with Crippen LogP contribution in [0.1, 0.15) is 26.3 Å². The molecule has 1 aliphatic rings. The van der Waals surface area contributed by atoms with Gasteiger partial charge < -0.3 is 4.90 Å². The van der Waals surface area contributed by atoms with Crippen molar-refractivity contribution < 1.29 is 0 Å². The van der Waals surface area contributed by atoms with Gasteiger partial charge >= 0.3 is 0 Å². The van der Waals surface area contributed by atoms with Gasteiger partial charge in [0, 0.05) is 29.1 Å². The Morgan fingerprint density at radius 3 is 2.44 bits per heavy atom. The molecule has 1 heterocycles. The topological polar surface area (TPSA) is 15.6 Å². The van der Waals surface area contributed by atoms with Crippen LogP contribution in [0, 0.1) is 0 Å². The molecular weight excluding hydrogens is 240 g/mol. The number of allylic oxidation sites excluding steroid dienone is 1. The van der Waals surface area contributed by atoms with Gasteiger partial charge in [0.2, 0.25) is 0 Å². The van der Waals surface area contributed by atoms with Crippen LogP contribution in [0.5, 0.6) is 0 Å². The maximum atomic E-state index is 4.53. The molecule has 1 aromatic carbocycles. The van der Waals surface area contributed by atoms with Crippen molar-refractivity contribution in [2.75, 3.05) is 13.6 Å². The molecule has 96 valence electrons. The number of hydrogen-bond donors (Lipinski definition) is 0. The minimum absolute atomic E-state index is 0.625. The van der Waals surface area contributed by atoms with Gasteiger partial charge in [-0.15, -0.1) is 11.8 Å². The average molecular weight is 260 g/mol. The maximum absolute atomic E-state index is 4.53. The normalized spacial score (nSPS) is 15.7. The summed E-state index contributed by atoms with van der Waals surface area (Å²) in [6.07, 6.45) is 1.94. The van der Waals surface area contributed by atoms with Crippen molar-refractivity contribution in [2.45, 2.75) is 30.9 Å². The van der Waals surface area contributed by atoms with Crippen LogP contribution < -0.4 is 0 Å². The summed E-state index contributed by atoms with van der Waals surface area (Å²) in [5, 5.41) is 0.625. The van der Waals surface area contributed by atoms with E-state index in [1.54, 1.807) is 0 Å². The van der Waals surface area contributed by atoms with Crippen LogP contribution in [0.15, 0.2) is 46.1 Å². The summed E-state index contributed by atoms with van der Waals surface area (Å²) in [4.78, 5) is 8.07. The van der Waals surface area contributed by atoms with Crippen molar-refractivity contribution >= 4 is 17.5 Å². The second-order valence-corrected chi connectivity index (χ2v) is 6.54. The molecule has 18 heavy (non-hydrogen) atoms. The molecule has 1 aliphatic heterocycles. The Kier molecular flexibility index (Phi) is 4.12. The van der Waals surface area contributed by atoms with E-state index in [0.29, 0.717) is 5.25 Å². The molecule has 0 aromatic heterocycles. The van der Waals surface area contributed by atoms with Gasteiger partial charge in [-0.25, -0.2) is 0 Å². The van der Waals surface area contributed by atoms with Gasteiger partial charge in [-0.05, 0) is 24.6 Å². The monoisotopic (exact) mass is 260 g/mol. The van der Waals surface area contributed by atoms with Crippen molar-refractivity contribution in [3.8, 4) is 0 Å². The first-order valence-electron chi connectivity index (χ1n) is 6.28. The fourth-order valence-corrected chi connectivity index (χ4v) is 2.66. The first-order valence-corrected chi connectivity index (χ1v) is 7.16. The second kappa shape index (κ2) is 5.61. The summed E-state index contributed by atoms with van der Waals surface area (Å²) < 4.78 is 0. The zero-order valence-electron chi connectivity index (χ0n) is 11.5. The molecule has 0 spiro atoms. The molecule has 0 fully saturated rings. The lowest BCUT2D eigenvalue weighted by atomic mass is 10.1. The number of benzene rings is 1. The molecule has 0 N–H and O–H groups in total. The lowest BCUT2D eigenvalue weighted by Gasteiger charge is -2.24. The van der Waals surface area contributed by atoms with Crippen LogP contribution in [-0.2, 0) is 0 Å². The third-order valence-corrected chi connectivity index (χ3v) is 3.97. The van der Waals surface area contributed by atoms with Crippen molar-refractivity contribution in [1.29, 1.82) is 0 Å². The van der Waals surface area contributed by atoms with Crippen molar-refractivity contribution in [2.24, 2.45) is 4.99 Å². The van der Waals surface area contributed by atoms with E-state index >= 15 is 0 Å². The number of nitrogens with zero attached hydrogens (tertiary/aromatic N) is 2. The van der Waals surface area contributed by atoms with Crippen LogP contribution in [0.2, 0.25) is 0 Å². The zero-order valence-corrected chi connectivity index (χ0v) is 12.3. The highest BCUT2D eigenvalue weighted by molar-refractivity contribution is 7.99. The molecule has 2 nitrogen and oxygen atoms in total. The molecule has 0 amide bonds. The first-order chi connectivity index (χ1) is 8.56. The minimum atomic E-state index is 0.625. The largest absolute Gasteiger partial charge is 0.371 e. The fraction of sp³-hybridized carbons (Fsp3) is 0.400. The molecule has 1 aromatic rings. The van der Waals surface area contributed by atoms with E-state index in [4.69, 9.17) is 0 Å². The molecular formula is C15H20N2S. The summed E-state index contributed by atoms with van der Waals surface area (Å²) in [6, 6.07) is 8.72. The zero-order chi connectivity index (χ0) is 13.1. The van der Waals surface area contributed by atoms with E-state index in [1.807, 2.05) is 18.0 Å². The predicted octanol–water partition coefficient (Wildman–Crippen LogP) is 3.78. The number of likely N-dealkylation sites (N-methyl/N-ethyl adjacent to an activating group) is 1. The van der Waals surface area contributed by atoms with Gasteiger partial charge in [0.1, 0.15) is 0 Å². The maximum Gasteiger partial charge on any atom is 0.0669 e. The van der Waals surface area contributed by atoms with E-state index in [0.717, 1.165) is 12.3 Å². The van der Waals surface area contributed by atoms with E-state index < -0.39 is 0 Å². The Labute approximate surface area is 114 Å². The quantitative estimate of drug-likeness (QED) is 0.769. The highest BCUT2D eigenvalue weighted by Crippen LogP contribution is 2.23. The molecule has 0 atom stereocenters. The smallest absolute Gasteiger partial charge is 0.0669 e. The van der Waals surface area contributed by atoms with Crippen LogP contribution in [0.3, 0.4) is 0 Å². The Morgan fingerprint density at radius 1 is 1.22 bits per heavy atom.